The summed E-state index contributed by atoms with van der Waals surface area (Å²) in [4.78, 5) is 16.7. The van der Waals surface area contributed by atoms with E-state index in [1.165, 1.54) is 35.9 Å². The van der Waals surface area contributed by atoms with Gasteiger partial charge >= 0.3 is 0 Å². The molecule has 26 heavy (non-hydrogen) atoms. The largest absolute Gasteiger partial charge is 0.368 e. The van der Waals surface area contributed by atoms with Crippen LogP contribution in [-0.4, -0.2) is 59.0 Å². The van der Waals surface area contributed by atoms with Crippen molar-refractivity contribution in [3.63, 3.8) is 0 Å². The van der Waals surface area contributed by atoms with Crippen LogP contribution in [0.2, 0.25) is 5.02 Å². The Kier molecular flexibility index (Phi) is 5.52. The first-order chi connectivity index (χ1) is 12.7. The Hall–Kier alpha value is -1.51. The van der Waals surface area contributed by atoms with E-state index in [1.807, 2.05) is 23.1 Å². The SMILES string of the molecule is O=C(CSc1nnc(NC2CC2)s1)N1CCN(c2cccc(Cl)c2)CC1. The zero-order valence-electron chi connectivity index (χ0n) is 14.2. The number of hydrogen-bond acceptors (Lipinski definition) is 7. The van der Waals surface area contributed by atoms with Crippen molar-refractivity contribution in [2.45, 2.75) is 23.2 Å². The molecule has 1 saturated heterocycles. The van der Waals surface area contributed by atoms with E-state index in [-0.39, 0.29) is 5.91 Å². The lowest BCUT2D eigenvalue weighted by Crippen LogP contribution is -2.49. The third kappa shape index (κ3) is 4.61. The first-order valence-electron chi connectivity index (χ1n) is 8.68. The summed E-state index contributed by atoms with van der Waals surface area (Å²) in [5.74, 6) is 0.572. The fourth-order valence-electron chi connectivity index (χ4n) is 2.83. The number of carbonyl (C=O) groups is 1. The smallest absolute Gasteiger partial charge is 0.233 e. The molecule has 6 nitrogen and oxygen atoms in total. The van der Waals surface area contributed by atoms with E-state index < -0.39 is 0 Å². The van der Waals surface area contributed by atoms with Crippen LogP contribution in [0.3, 0.4) is 0 Å². The van der Waals surface area contributed by atoms with Crippen LogP contribution in [0.4, 0.5) is 10.8 Å². The highest BCUT2D eigenvalue weighted by atomic mass is 35.5. The summed E-state index contributed by atoms with van der Waals surface area (Å²) in [7, 11) is 0. The number of anilines is 2. The second-order valence-corrected chi connectivity index (χ2v) is 9.06. The maximum Gasteiger partial charge on any atom is 0.233 e. The summed E-state index contributed by atoms with van der Waals surface area (Å²) in [5.41, 5.74) is 1.11. The average Bonchev–Trinajstić information content (AvgIpc) is 3.36. The molecule has 4 rings (SSSR count). The second kappa shape index (κ2) is 8.02. The van der Waals surface area contributed by atoms with Gasteiger partial charge in [-0.3, -0.25) is 4.79 Å². The van der Waals surface area contributed by atoms with Gasteiger partial charge in [0.15, 0.2) is 4.34 Å². The molecule has 1 aliphatic heterocycles. The monoisotopic (exact) mass is 409 g/mol. The first kappa shape index (κ1) is 17.9. The van der Waals surface area contributed by atoms with Crippen LogP contribution in [0, 0.1) is 0 Å². The number of rotatable bonds is 6. The third-order valence-electron chi connectivity index (χ3n) is 4.44. The highest BCUT2D eigenvalue weighted by Gasteiger charge is 2.24. The molecule has 2 fully saturated rings. The highest BCUT2D eigenvalue weighted by molar-refractivity contribution is 8.01. The minimum atomic E-state index is 0.160. The maximum atomic E-state index is 12.5. The molecule has 2 heterocycles. The number of nitrogens with one attached hydrogen (secondary N) is 1. The molecule has 1 aliphatic carbocycles. The van der Waals surface area contributed by atoms with Gasteiger partial charge in [-0.05, 0) is 31.0 Å². The number of nitrogens with zero attached hydrogens (tertiary/aromatic N) is 4. The van der Waals surface area contributed by atoms with Crippen molar-refractivity contribution in [1.29, 1.82) is 0 Å². The van der Waals surface area contributed by atoms with E-state index >= 15 is 0 Å². The quantitative estimate of drug-likeness (QED) is 0.739. The van der Waals surface area contributed by atoms with Gasteiger partial charge in [-0.1, -0.05) is 40.8 Å². The van der Waals surface area contributed by atoms with Crippen molar-refractivity contribution in [3.8, 4) is 0 Å². The van der Waals surface area contributed by atoms with Crippen molar-refractivity contribution in [3.05, 3.63) is 29.3 Å². The summed E-state index contributed by atoms with van der Waals surface area (Å²) in [6.07, 6.45) is 2.42. The van der Waals surface area contributed by atoms with Crippen LogP contribution in [0.15, 0.2) is 28.6 Å². The van der Waals surface area contributed by atoms with Gasteiger partial charge < -0.3 is 15.1 Å². The summed E-state index contributed by atoms with van der Waals surface area (Å²) >= 11 is 9.07. The Morgan fingerprint density at radius 2 is 2.08 bits per heavy atom. The lowest BCUT2D eigenvalue weighted by molar-refractivity contribution is -0.128. The molecule has 1 amide bonds. The van der Waals surface area contributed by atoms with Crippen molar-refractivity contribution in [2.24, 2.45) is 0 Å². The van der Waals surface area contributed by atoms with Crippen LogP contribution >= 0.6 is 34.7 Å². The predicted octanol–water partition coefficient (Wildman–Crippen LogP) is 3.21. The number of piperazine rings is 1. The van der Waals surface area contributed by atoms with Crippen molar-refractivity contribution in [2.75, 3.05) is 42.1 Å². The Balaban J connectivity index is 1.23. The maximum absolute atomic E-state index is 12.5. The molecule has 0 atom stereocenters. The molecular formula is C17H20ClN5OS2. The van der Waals surface area contributed by atoms with Gasteiger partial charge in [0.1, 0.15) is 0 Å². The number of benzene rings is 1. The normalized spacial score (nSPS) is 17.4. The van der Waals surface area contributed by atoms with E-state index in [0.717, 1.165) is 46.4 Å². The second-order valence-electron chi connectivity index (χ2n) is 6.43. The summed E-state index contributed by atoms with van der Waals surface area (Å²) < 4.78 is 0.846. The van der Waals surface area contributed by atoms with E-state index in [4.69, 9.17) is 11.6 Å². The third-order valence-corrected chi connectivity index (χ3v) is 6.64. The minimum absolute atomic E-state index is 0.160. The van der Waals surface area contributed by atoms with Crippen LogP contribution in [0.5, 0.6) is 0 Å². The van der Waals surface area contributed by atoms with E-state index in [2.05, 4.69) is 26.5 Å². The molecule has 138 valence electrons. The highest BCUT2D eigenvalue weighted by Crippen LogP contribution is 2.30. The minimum Gasteiger partial charge on any atom is -0.368 e. The van der Waals surface area contributed by atoms with Crippen LogP contribution < -0.4 is 10.2 Å². The van der Waals surface area contributed by atoms with Gasteiger partial charge in [0, 0.05) is 42.9 Å². The zero-order chi connectivity index (χ0) is 17.9. The number of hydrogen-bond donors (Lipinski definition) is 1. The molecule has 1 saturated carbocycles. The van der Waals surface area contributed by atoms with Gasteiger partial charge in [-0.2, -0.15) is 0 Å². The van der Waals surface area contributed by atoms with Crippen molar-refractivity contribution in [1.82, 2.24) is 15.1 Å². The molecule has 1 N–H and O–H groups in total. The van der Waals surface area contributed by atoms with Gasteiger partial charge in [0.2, 0.25) is 11.0 Å². The molecule has 1 aromatic heterocycles. The summed E-state index contributed by atoms with van der Waals surface area (Å²) in [6.45, 7) is 3.11. The molecule has 0 radical (unpaired) electrons. The molecule has 0 bridgehead atoms. The Bertz CT molecular complexity index is 774. The standard InChI is InChI=1S/C17H20ClN5OS2/c18-12-2-1-3-14(10-12)22-6-8-23(9-7-22)15(24)11-25-17-21-20-16(26-17)19-13-4-5-13/h1-3,10,13H,4-9,11H2,(H,19,20). The Morgan fingerprint density at radius 3 is 2.81 bits per heavy atom. The van der Waals surface area contributed by atoms with Gasteiger partial charge in [-0.15, -0.1) is 10.2 Å². The van der Waals surface area contributed by atoms with Crippen molar-refractivity contribution >= 4 is 51.4 Å². The molecular weight excluding hydrogens is 390 g/mol. The Morgan fingerprint density at radius 1 is 1.27 bits per heavy atom. The summed E-state index contributed by atoms with van der Waals surface area (Å²) in [6, 6.07) is 8.43. The molecule has 2 aromatic rings. The van der Waals surface area contributed by atoms with Crippen molar-refractivity contribution < 1.29 is 4.79 Å². The fourth-order valence-corrected chi connectivity index (χ4v) is 4.75. The van der Waals surface area contributed by atoms with Gasteiger partial charge in [0.25, 0.3) is 0 Å². The number of aromatic nitrogens is 2. The van der Waals surface area contributed by atoms with Crippen LogP contribution in [-0.2, 0) is 4.79 Å². The van der Waals surface area contributed by atoms with E-state index in [0.29, 0.717) is 11.8 Å². The lowest BCUT2D eigenvalue weighted by atomic mass is 10.2. The van der Waals surface area contributed by atoms with Gasteiger partial charge in [-0.25, -0.2) is 0 Å². The van der Waals surface area contributed by atoms with Crippen LogP contribution in [0.25, 0.3) is 0 Å². The average molecular weight is 410 g/mol. The lowest BCUT2D eigenvalue weighted by Gasteiger charge is -2.36. The molecule has 2 aliphatic rings. The van der Waals surface area contributed by atoms with Crippen LogP contribution in [0.1, 0.15) is 12.8 Å². The van der Waals surface area contributed by atoms with Gasteiger partial charge in [0.05, 0.1) is 5.75 Å². The number of amides is 1. The number of carbonyl (C=O) groups excluding carboxylic acids is 1. The Labute approximate surface area is 165 Å². The fraction of sp³-hybridized carbons (Fsp3) is 0.471. The summed E-state index contributed by atoms with van der Waals surface area (Å²) in [5, 5.41) is 13.2. The topological polar surface area (TPSA) is 61.4 Å². The van der Waals surface area contributed by atoms with E-state index in [9.17, 15) is 4.79 Å². The molecule has 0 unspecified atom stereocenters. The molecule has 0 spiro atoms. The molecule has 9 heteroatoms. The first-order valence-corrected chi connectivity index (χ1v) is 10.9. The zero-order valence-corrected chi connectivity index (χ0v) is 16.6. The predicted molar refractivity (Wildman–Crippen MR) is 108 cm³/mol. The molecule has 1 aromatic carbocycles. The number of halogens is 1. The van der Waals surface area contributed by atoms with E-state index in [1.54, 1.807) is 0 Å². The number of thioether (sulfide) groups is 1.